The summed E-state index contributed by atoms with van der Waals surface area (Å²) < 4.78 is 28.5. The number of carbonyl (C=O) groups excluding carboxylic acids is 1. The highest BCUT2D eigenvalue weighted by Gasteiger charge is 2.45. The molecule has 3 aliphatic rings. The Balaban J connectivity index is 1.30. The number of aryl methyl sites for hydroxylation is 1. The van der Waals surface area contributed by atoms with Gasteiger partial charge in [0.2, 0.25) is 15.9 Å². The van der Waals surface area contributed by atoms with Crippen LogP contribution in [-0.4, -0.2) is 68.7 Å². The van der Waals surface area contributed by atoms with Gasteiger partial charge in [0.25, 0.3) is 0 Å². The number of carbonyl (C=O) groups is 1. The molecular formula is C21H33N3O4S2. The Morgan fingerprint density at radius 3 is 2.83 bits per heavy atom. The lowest BCUT2D eigenvalue weighted by Crippen LogP contribution is -2.57. The maximum Gasteiger partial charge on any atom is 0.223 e. The summed E-state index contributed by atoms with van der Waals surface area (Å²) in [5.41, 5.74) is 1.32. The highest BCUT2D eigenvalue weighted by molar-refractivity contribution is 7.89. The lowest BCUT2D eigenvalue weighted by atomic mass is 9.79. The Kier molecular flexibility index (Phi) is 6.29. The van der Waals surface area contributed by atoms with Gasteiger partial charge in [-0.25, -0.2) is 13.6 Å². The summed E-state index contributed by atoms with van der Waals surface area (Å²) in [6, 6.07) is 2.82. The van der Waals surface area contributed by atoms with Crippen LogP contribution in [0.4, 0.5) is 0 Å². The largest absolute Gasteiger partial charge is 0.370 e. The molecule has 1 aromatic heterocycles. The molecule has 1 aromatic rings. The zero-order valence-corrected chi connectivity index (χ0v) is 19.6. The number of rotatable bonds is 6. The molecule has 30 heavy (non-hydrogen) atoms. The molecule has 2 saturated heterocycles. The summed E-state index contributed by atoms with van der Waals surface area (Å²) in [5.74, 6) is 0.0663. The molecule has 9 heteroatoms. The Labute approximate surface area is 183 Å². The van der Waals surface area contributed by atoms with E-state index in [1.165, 1.54) is 15.3 Å². The zero-order valence-electron chi connectivity index (χ0n) is 17.9. The summed E-state index contributed by atoms with van der Waals surface area (Å²) in [4.78, 5) is 19.4. The highest BCUT2D eigenvalue weighted by atomic mass is 32.2. The molecule has 4 rings (SSSR count). The molecule has 1 amide bonds. The molecule has 0 bridgehead atoms. The number of primary sulfonamides is 1. The molecule has 4 heterocycles. The van der Waals surface area contributed by atoms with E-state index in [0.29, 0.717) is 25.0 Å². The predicted octanol–water partition coefficient (Wildman–Crippen LogP) is 1.70. The first-order chi connectivity index (χ1) is 14.2. The maximum absolute atomic E-state index is 12.1. The minimum atomic E-state index is -3.58. The average molecular weight is 456 g/mol. The van der Waals surface area contributed by atoms with Gasteiger partial charge >= 0.3 is 0 Å². The molecule has 168 valence electrons. The van der Waals surface area contributed by atoms with Crippen molar-refractivity contribution in [2.45, 2.75) is 57.6 Å². The van der Waals surface area contributed by atoms with Gasteiger partial charge in [0.15, 0.2) is 0 Å². The first kappa shape index (κ1) is 22.2. The van der Waals surface area contributed by atoms with Gasteiger partial charge in [-0.2, -0.15) is 0 Å². The van der Waals surface area contributed by atoms with Crippen LogP contribution >= 0.6 is 11.3 Å². The number of hydrogen-bond donors (Lipinski definition) is 1. The second-order valence-corrected chi connectivity index (χ2v) is 12.0. The van der Waals surface area contributed by atoms with Gasteiger partial charge < -0.3 is 14.5 Å². The number of likely N-dealkylation sites (tertiary alicyclic amines) is 2. The van der Waals surface area contributed by atoms with Crippen molar-refractivity contribution >= 4 is 27.3 Å². The van der Waals surface area contributed by atoms with Crippen molar-refractivity contribution in [1.82, 2.24) is 9.80 Å². The van der Waals surface area contributed by atoms with E-state index in [0.717, 1.165) is 45.4 Å². The number of fused-ring (bicyclic) bond motifs is 2. The Bertz CT molecular complexity index is 894. The highest BCUT2D eigenvalue weighted by Crippen LogP contribution is 2.46. The SMILES string of the molecule is CCc1cc2c(s1)CCO[C@@]21CCN(CC2CN(C(=O)CCS(N)(=O)=O)C2)[C@@H](C)C1. The number of piperidine rings is 1. The molecule has 3 aliphatic heterocycles. The van der Waals surface area contributed by atoms with Crippen molar-refractivity contribution in [3.05, 3.63) is 21.4 Å². The van der Waals surface area contributed by atoms with Crippen LogP contribution in [0.5, 0.6) is 0 Å². The van der Waals surface area contributed by atoms with Gasteiger partial charge in [-0.15, -0.1) is 11.3 Å². The Morgan fingerprint density at radius 2 is 2.17 bits per heavy atom. The van der Waals surface area contributed by atoms with Crippen LogP contribution in [0.2, 0.25) is 0 Å². The van der Waals surface area contributed by atoms with Crippen LogP contribution in [0, 0.1) is 5.92 Å². The lowest BCUT2D eigenvalue weighted by molar-refractivity contribution is -0.139. The fourth-order valence-corrected chi connectivity index (χ4v) is 6.79. The zero-order chi connectivity index (χ0) is 21.5. The van der Waals surface area contributed by atoms with Gasteiger partial charge in [-0.05, 0) is 37.8 Å². The standard InChI is InChI=1S/C21H33N3O4S2/c1-3-17-10-18-19(29-17)4-8-28-21(18)6-7-23(15(2)11-21)12-16-13-24(14-16)20(25)5-9-30(22,26)27/h10,15-16H,3-9,11-14H2,1-2H3,(H2,22,26,27)/t15-,21+/m0/s1. The number of hydrogen-bond acceptors (Lipinski definition) is 6. The van der Waals surface area contributed by atoms with Crippen molar-refractivity contribution in [2.75, 3.05) is 38.5 Å². The Morgan fingerprint density at radius 1 is 1.40 bits per heavy atom. The molecule has 7 nitrogen and oxygen atoms in total. The van der Waals surface area contributed by atoms with Gasteiger partial charge in [-0.1, -0.05) is 6.92 Å². The van der Waals surface area contributed by atoms with Crippen LogP contribution in [0.3, 0.4) is 0 Å². The van der Waals surface area contributed by atoms with Crippen molar-refractivity contribution in [3.8, 4) is 0 Å². The van der Waals surface area contributed by atoms with E-state index in [9.17, 15) is 13.2 Å². The van der Waals surface area contributed by atoms with Gasteiger partial charge in [0.05, 0.1) is 18.0 Å². The molecule has 0 saturated carbocycles. The molecular weight excluding hydrogens is 422 g/mol. The van der Waals surface area contributed by atoms with E-state index in [4.69, 9.17) is 9.88 Å². The van der Waals surface area contributed by atoms with Gasteiger partial charge in [0.1, 0.15) is 0 Å². The third-order valence-electron chi connectivity index (χ3n) is 6.86. The molecule has 0 radical (unpaired) electrons. The van der Waals surface area contributed by atoms with Crippen molar-refractivity contribution in [1.29, 1.82) is 0 Å². The van der Waals surface area contributed by atoms with Crippen LogP contribution in [0.1, 0.15) is 48.4 Å². The molecule has 2 atom stereocenters. The van der Waals surface area contributed by atoms with E-state index in [-0.39, 0.29) is 23.7 Å². The van der Waals surface area contributed by atoms with Crippen molar-refractivity contribution in [2.24, 2.45) is 11.1 Å². The average Bonchev–Trinajstić information content (AvgIpc) is 3.08. The molecule has 0 unspecified atom stereocenters. The van der Waals surface area contributed by atoms with Crippen LogP contribution in [0.15, 0.2) is 6.07 Å². The fraction of sp³-hybridized carbons (Fsp3) is 0.762. The fourth-order valence-electron chi connectivity index (χ4n) is 5.15. The minimum absolute atomic E-state index is 0.0196. The number of amides is 1. The Hall–Kier alpha value is -1.00. The third-order valence-corrected chi connectivity index (χ3v) is 8.97. The molecule has 0 aliphatic carbocycles. The maximum atomic E-state index is 12.1. The van der Waals surface area contributed by atoms with Crippen LogP contribution < -0.4 is 5.14 Å². The van der Waals surface area contributed by atoms with E-state index in [1.54, 1.807) is 4.90 Å². The molecule has 2 fully saturated rings. The first-order valence-corrected chi connectivity index (χ1v) is 13.5. The summed E-state index contributed by atoms with van der Waals surface area (Å²) in [7, 11) is -3.58. The lowest BCUT2D eigenvalue weighted by Gasteiger charge is -2.49. The van der Waals surface area contributed by atoms with Gasteiger partial charge in [-0.3, -0.25) is 4.79 Å². The minimum Gasteiger partial charge on any atom is -0.370 e. The monoisotopic (exact) mass is 455 g/mol. The quantitative estimate of drug-likeness (QED) is 0.705. The normalized spacial score (nSPS) is 27.8. The summed E-state index contributed by atoms with van der Waals surface area (Å²) in [5, 5.41) is 4.99. The van der Waals surface area contributed by atoms with Gasteiger partial charge in [0, 0.05) is 60.7 Å². The molecule has 0 aromatic carbocycles. The second-order valence-electron chi connectivity index (χ2n) is 9.08. The summed E-state index contributed by atoms with van der Waals surface area (Å²) in [6.07, 6.45) is 4.15. The number of ether oxygens (including phenoxy) is 1. The predicted molar refractivity (Wildman–Crippen MR) is 118 cm³/mol. The van der Waals surface area contributed by atoms with Crippen LogP contribution in [-0.2, 0) is 38.0 Å². The van der Waals surface area contributed by atoms with Crippen molar-refractivity contribution in [3.63, 3.8) is 0 Å². The summed E-state index contributed by atoms with van der Waals surface area (Å²) in [6.45, 7) is 8.74. The summed E-state index contributed by atoms with van der Waals surface area (Å²) >= 11 is 1.96. The van der Waals surface area contributed by atoms with E-state index in [2.05, 4.69) is 24.8 Å². The third kappa shape index (κ3) is 4.60. The van der Waals surface area contributed by atoms with E-state index < -0.39 is 10.0 Å². The van der Waals surface area contributed by atoms with Crippen LogP contribution in [0.25, 0.3) is 0 Å². The second kappa shape index (κ2) is 8.50. The van der Waals surface area contributed by atoms with E-state index >= 15 is 0 Å². The first-order valence-electron chi connectivity index (χ1n) is 11.0. The number of thiophene rings is 1. The molecule has 2 N–H and O–H groups in total. The topological polar surface area (TPSA) is 92.9 Å². The van der Waals surface area contributed by atoms with E-state index in [1.807, 2.05) is 11.3 Å². The number of sulfonamides is 1. The van der Waals surface area contributed by atoms with Crippen molar-refractivity contribution < 1.29 is 17.9 Å². The number of nitrogens with two attached hydrogens (primary N) is 1. The molecule has 1 spiro atoms. The smallest absolute Gasteiger partial charge is 0.223 e. The number of nitrogens with zero attached hydrogens (tertiary/aromatic N) is 2.